The van der Waals surface area contributed by atoms with Gasteiger partial charge in [-0.2, -0.15) is 5.26 Å². The summed E-state index contributed by atoms with van der Waals surface area (Å²) in [5, 5.41) is 9.16. The average Bonchev–Trinajstić information content (AvgIpc) is 2.64. The highest BCUT2D eigenvalue weighted by atomic mass is 35.5. The van der Waals surface area contributed by atoms with Crippen LogP contribution in [0.15, 0.2) is 47.5 Å². The molecule has 0 unspecified atom stereocenters. The fraction of sp³-hybridized carbons (Fsp3) is 0.333. The summed E-state index contributed by atoms with van der Waals surface area (Å²) in [5.41, 5.74) is 0.483. The molecule has 1 heterocycles. The van der Waals surface area contributed by atoms with Crippen LogP contribution in [-0.2, 0) is 10.0 Å². The van der Waals surface area contributed by atoms with Crippen molar-refractivity contribution in [3.63, 3.8) is 0 Å². The number of nitrogens with zero attached hydrogens (tertiary/aromatic N) is 2. The molecule has 0 bridgehead atoms. The van der Waals surface area contributed by atoms with Crippen molar-refractivity contribution in [1.29, 1.82) is 5.26 Å². The van der Waals surface area contributed by atoms with E-state index in [2.05, 4.69) is 9.71 Å². The van der Waals surface area contributed by atoms with Crippen LogP contribution < -0.4 is 9.46 Å². The Bertz CT molecular complexity index is 902. The van der Waals surface area contributed by atoms with Crippen LogP contribution in [0.5, 0.6) is 5.88 Å². The van der Waals surface area contributed by atoms with Crippen LogP contribution in [0.25, 0.3) is 0 Å². The Kier molecular flexibility index (Phi) is 5.77. The van der Waals surface area contributed by atoms with Crippen LogP contribution in [0.4, 0.5) is 0 Å². The summed E-state index contributed by atoms with van der Waals surface area (Å²) in [6.07, 6.45) is 4.28. The number of nitriles is 1. The van der Waals surface area contributed by atoms with Gasteiger partial charge in [-0.25, -0.2) is 18.1 Å². The monoisotopic (exact) mass is 391 g/mol. The van der Waals surface area contributed by atoms with Crippen LogP contribution in [0.3, 0.4) is 0 Å². The van der Waals surface area contributed by atoms with Gasteiger partial charge < -0.3 is 4.74 Å². The van der Waals surface area contributed by atoms with Crippen molar-refractivity contribution in [3.05, 3.63) is 53.2 Å². The second kappa shape index (κ2) is 8.04. The Labute approximate surface area is 157 Å². The number of hydrogen-bond donors (Lipinski definition) is 1. The van der Waals surface area contributed by atoms with Gasteiger partial charge in [0.15, 0.2) is 0 Å². The molecule has 3 rings (SSSR count). The van der Waals surface area contributed by atoms with E-state index in [1.807, 2.05) is 6.07 Å². The number of aromatic nitrogens is 1. The van der Waals surface area contributed by atoms with Gasteiger partial charge in [0.25, 0.3) is 0 Å². The Morgan fingerprint density at radius 2 is 1.96 bits per heavy atom. The van der Waals surface area contributed by atoms with E-state index in [0.29, 0.717) is 29.3 Å². The molecular formula is C18H18ClN3O3S. The molecule has 136 valence electrons. The molecule has 0 radical (unpaired) electrons. The summed E-state index contributed by atoms with van der Waals surface area (Å²) in [6, 6.07) is 11.4. The normalized spacial score (nSPS) is 20.3. The molecule has 0 spiro atoms. The highest BCUT2D eigenvalue weighted by Gasteiger charge is 2.27. The van der Waals surface area contributed by atoms with Crippen molar-refractivity contribution >= 4 is 21.6 Å². The van der Waals surface area contributed by atoms with E-state index in [4.69, 9.17) is 21.6 Å². The lowest BCUT2D eigenvalue weighted by atomic mass is 9.94. The van der Waals surface area contributed by atoms with Gasteiger partial charge in [0.05, 0.1) is 10.5 Å². The van der Waals surface area contributed by atoms with Crippen molar-refractivity contribution in [2.75, 3.05) is 0 Å². The van der Waals surface area contributed by atoms with Crippen LogP contribution >= 0.6 is 11.6 Å². The Morgan fingerprint density at radius 1 is 1.19 bits per heavy atom. The van der Waals surface area contributed by atoms with Crippen molar-refractivity contribution in [1.82, 2.24) is 9.71 Å². The second-order valence-corrected chi connectivity index (χ2v) is 8.32. The van der Waals surface area contributed by atoms with Crippen LogP contribution in [0.2, 0.25) is 5.02 Å². The van der Waals surface area contributed by atoms with Gasteiger partial charge in [-0.15, -0.1) is 0 Å². The lowest BCUT2D eigenvalue weighted by Crippen LogP contribution is -2.39. The number of nitrogens with one attached hydrogen (secondary N) is 1. The van der Waals surface area contributed by atoms with E-state index >= 15 is 0 Å². The van der Waals surface area contributed by atoms with E-state index in [1.165, 1.54) is 18.3 Å². The summed E-state index contributed by atoms with van der Waals surface area (Å²) in [6.45, 7) is 0. The molecule has 1 N–H and O–H groups in total. The first kappa shape index (κ1) is 18.6. The minimum atomic E-state index is -3.58. The maximum Gasteiger partial charge on any atom is 0.240 e. The van der Waals surface area contributed by atoms with Gasteiger partial charge in [0, 0.05) is 23.3 Å². The molecule has 1 aromatic heterocycles. The molecule has 6 nitrogen and oxygen atoms in total. The van der Waals surface area contributed by atoms with E-state index < -0.39 is 10.0 Å². The minimum Gasteiger partial charge on any atom is -0.474 e. The van der Waals surface area contributed by atoms with Gasteiger partial charge >= 0.3 is 0 Å². The van der Waals surface area contributed by atoms with Crippen molar-refractivity contribution in [2.45, 2.75) is 42.7 Å². The number of ether oxygens (including phenoxy) is 1. The molecule has 0 saturated heterocycles. The molecule has 2 aromatic rings. The van der Waals surface area contributed by atoms with Gasteiger partial charge in [-0.05, 0) is 49.9 Å². The zero-order chi connectivity index (χ0) is 18.6. The van der Waals surface area contributed by atoms with E-state index in [9.17, 15) is 8.42 Å². The second-order valence-electron chi connectivity index (χ2n) is 6.17. The van der Waals surface area contributed by atoms with Crippen molar-refractivity contribution in [2.24, 2.45) is 0 Å². The van der Waals surface area contributed by atoms with Crippen LogP contribution in [-0.4, -0.2) is 25.5 Å². The van der Waals surface area contributed by atoms with E-state index in [0.717, 1.165) is 12.8 Å². The van der Waals surface area contributed by atoms with E-state index in [1.54, 1.807) is 24.3 Å². The van der Waals surface area contributed by atoms with Gasteiger partial charge in [-0.1, -0.05) is 17.7 Å². The highest BCUT2D eigenvalue weighted by Crippen LogP contribution is 2.24. The largest absolute Gasteiger partial charge is 0.474 e. The highest BCUT2D eigenvalue weighted by molar-refractivity contribution is 7.89. The summed E-state index contributed by atoms with van der Waals surface area (Å²) in [5.74, 6) is 0.479. The van der Waals surface area contributed by atoms with Gasteiger partial charge in [0.2, 0.25) is 15.9 Å². The third-order valence-corrected chi connectivity index (χ3v) is 6.01. The zero-order valence-electron chi connectivity index (χ0n) is 13.9. The molecule has 8 heteroatoms. The Morgan fingerprint density at radius 3 is 2.58 bits per heavy atom. The van der Waals surface area contributed by atoms with E-state index in [-0.39, 0.29) is 17.0 Å². The molecule has 26 heavy (non-hydrogen) atoms. The number of halogens is 1. The van der Waals surface area contributed by atoms with Gasteiger partial charge in [0.1, 0.15) is 12.2 Å². The zero-order valence-corrected chi connectivity index (χ0v) is 15.5. The number of pyridine rings is 1. The molecule has 1 aromatic carbocycles. The number of benzene rings is 1. The van der Waals surface area contributed by atoms with Gasteiger partial charge in [-0.3, -0.25) is 0 Å². The topological polar surface area (TPSA) is 92.1 Å². The SMILES string of the molecule is N#Cc1ccc(OC2CCC(NS(=O)(=O)c3cccc(Cl)c3)CC2)nc1. The maximum atomic E-state index is 12.4. The van der Waals surface area contributed by atoms with Crippen LogP contribution in [0, 0.1) is 11.3 Å². The summed E-state index contributed by atoms with van der Waals surface area (Å²) < 4.78 is 33.5. The smallest absolute Gasteiger partial charge is 0.240 e. The number of sulfonamides is 1. The van der Waals surface area contributed by atoms with Crippen molar-refractivity contribution in [3.8, 4) is 11.9 Å². The molecule has 0 atom stereocenters. The van der Waals surface area contributed by atoms with Crippen molar-refractivity contribution < 1.29 is 13.2 Å². The van der Waals surface area contributed by atoms with Crippen LogP contribution in [0.1, 0.15) is 31.2 Å². The maximum absolute atomic E-state index is 12.4. The molecule has 1 fully saturated rings. The average molecular weight is 392 g/mol. The molecule has 1 aliphatic rings. The summed E-state index contributed by atoms with van der Waals surface area (Å²) >= 11 is 5.88. The third-order valence-electron chi connectivity index (χ3n) is 4.26. The third kappa shape index (κ3) is 4.73. The molecule has 1 saturated carbocycles. The number of rotatable bonds is 5. The molecule has 0 amide bonds. The first-order valence-corrected chi connectivity index (χ1v) is 10.1. The lowest BCUT2D eigenvalue weighted by molar-refractivity contribution is 0.138. The molecular weight excluding hydrogens is 374 g/mol. The summed E-state index contributed by atoms with van der Waals surface area (Å²) in [7, 11) is -3.58. The first-order chi connectivity index (χ1) is 12.5. The summed E-state index contributed by atoms with van der Waals surface area (Å²) in [4.78, 5) is 4.27. The Balaban J connectivity index is 1.54. The minimum absolute atomic E-state index is 0.0117. The molecule has 0 aliphatic heterocycles. The molecule has 1 aliphatic carbocycles. The fourth-order valence-electron chi connectivity index (χ4n) is 2.91. The fourth-order valence-corrected chi connectivity index (χ4v) is 4.51. The Hall–Kier alpha value is -2.14. The quantitative estimate of drug-likeness (QED) is 0.844. The number of hydrogen-bond acceptors (Lipinski definition) is 5. The predicted molar refractivity (Wildman–Crippen MR) is 97.4 cm³/mol. The predicted octanol–water partition coefficient (Wildman–Crippen LogP) is 3.28. The lowest BCUT2D eigenvalue weighted by Gasteiger charge is -2.29. The standard InChI is InChI=1S/C18H18ClN3O3S/c19-14-2-1-3-17(10-14)26(23,24)22-15-5-7-16(8-6-15)25-18-9-4-13(11-20)12-21-18/h1-4,9-10,12,15-16,22H,5-8H2. The first-order valence-electron chi connectivity index (χ1n) is 8.27.